The lowest BCUT2D eigenvalue weighted by molar-refractivity contribution is 0.0683. The molecule has 0 aliphatic heterocycles. The summed E-state index contributed by atoms with van der Waals surface area (Å²) in [5.74, 6) is -1.18. The second-order valence-electron chi connectivity index (χ2n) is 6.01. The van der Waals surface area contributed by atoms with Gasteiger partial charge < -0.3 is 14.8 Å². The Morgan fingerprint density at radius 1 is 1.43 bits per heavy atom. The van der Waals surface area contributed by atoms with Crippen LogP contribution in [-0.2, 0) is 10.0 Å². The van der Waals surface area contributed by atoms with Gasteiger partial charge in [-0.2, -0.15) is 0 Å². The predicted octanol–water partition coefficient (Wildman–Crippen LogP) is 1.06. The number of sulfonamides is 1. The molecule has 1 rings (SSSR count). The number of carboxylic acids is 1. The standard InChI is InChI=1S/C13H22N2O5S/c1-9(2)15-6-10(5-11(15)12(17)18)21(19,20)14-7-13(3,4)8-16/h5-6,9,14,16H,7-8H2,1-4H3,(H,17,18). The summed E-state index contributed by atoms with van der Waals surface area (Å²) in [6.45, 7) is 6.87. The van der Waals surface area contributed by atoms with Crippen molar-refractivity contribution < 1.29 is 23.4 Å². The van der Waals surface area contributed by atoms with Crippen molar-refractivity contribution in [1.82, 2.24) is 9.29 Å². The molecule has 1 heterocycles. The Balaban J connectivity index is 3.10. The van der Waals surface area contributed by atoms with Gasteiger partial charge in [-0.15, -0.1) is 0 Å². The monoisotopic (exact) mass is 318 g/mol. The summed E-state index contributed by atoms with van der Waals surface area (Å²) in [5.41, 5.74) is -0.671. The molecule has 7 nitrogen and oxygen atoms in total. The summed E-state index contributed by atoms with van der Waals surface area (Å²) in [7, 11) is -3.82. The van der Waals surface area contributed by atoms with Gasteiger partial charge in [-0.3, -0.25) is 0 Å². The van der Waals surface area contributed by atoms with Crippen LogP contribution in [0.2, 0.25) is 0 Å². The third kappa shape index (κ3) is 4.29. The minimum Gasteiger partial charge on any atom is -0.477 e. The van der Waals surface area contributed by atoms with Gasteiger partial charge in [-0.05, 0) is 19.9 Å². The van der Waals surface area contributed by atoms with Crippen molar-refractivity contribution in [1.29, 1.82) is 0 Å². The zero-order valence-corrected chi connectivity index (χ0v) is 13.4. The van der Waals surface area contributed by atoms with E-state index in [-0.39, 0.29) is 29.8 Å². The quantitative estimate of drug-likeness (QED) is 0.696. The fourth-order valence-electron chi connectivity index (χ4n) is 1.63. The van der Waals surface area contributed by atoms with Crippen molar-refractivity contribution in [3.8, 4) is 0 Å². The van der Waals surface area contributed by atoms with E-state index in [1.807, 2.05) is 0 Å². The molecule has 120 valence electrons. The highest BCUT2D eigenvalue weighted by Crippen LogP contribution is 2.20. The number of hydrogen-bond donors (Lipinski definition) is 3. The largest absolute Gasteiger partial charge is 0.477 e. The molecular weight excluding hydrogens is 296 g/mol. The summed E-state index contributed by atoms with van der Waals surface area (Å²) >= 11 is 0. The summed E-state index contributed by atoms with van der Waals surface area (Å²) < 4.78 is 28.2. The van der Waals surface area contributed by atoms with E-state index < -0.39 is 21.4 Å². The molecule has 0 aromatic carbocycles. The molecule has 0 saturated heterocycles. The Kier molecular flexibility index (Phi) is 5.19. The van der Waals surface area contributed by atoms with E-state index in [1.54, 1.807) is 27.7 Å². The number of aromatic nitrogens is 1. The van der Waals surface area contributed by atoms with Crippen LogP contribution in [0, 0.1) is 5.41 Å². The summed E-state index contributed by atoms with van der Waals surface area (Å²) in [4.78, 5) is 11.1. The van der Waals surface area contributed by atoms with Crippen LogP contribution in [0.4, 0.5) is 0 Å². The Morgan fingerprint density at radius 3 is 2.38 bits per heavy atom. The first kappa shape index (κ1) is 17.7. The number of carboxylic acid groups (broad SMARTS) is 1. The van der Waals surface area contributed by atoms with Gasteiger partial charge in [-0.1, -0.05) is 13.8 Å². The van der Waals surface area contributed by atoms with Crippen molar-refractivity contribution in [2.75, 3.05) is 13.2 Å². The van der Waals surface area contributed by atoms with E-state index in [0.29, 0.717) is 0 Å². The van der Waals surface area contributed by atoms with Crippen molar-refractivity contribution >= 4 is 16.0 Å². The first-order valence-corrected chi connectivity index (χ1v) is 8.04. The number of nitrogens with zero attached hydrogens (tertiary/aromatic N) is 1. The lowest BCUT2D eigenvalue weighted by Crippen LogP contribution is -2.35. The fraction of sp³-hybridized carbons (Fsp3) is 0.615. The summed E-state index contributed by atoms with van der Waals surface area (Å²) in [6.07, 6.45) is 1.31. The maximum absolute atomic E-state index is 12.2. The van der Waals surface area contributed by atoms with Crippen LogP contribution in [0.1, 0.15) is 44.2 Å². The first-order chi connectivity index (χ1) is 9.50. The zero-order chi connectivity index (χ0) is 16.4. The number of aromatic carboxylic acids is 1. The van der Waals surface area contributed by atoms with E-state index in [0.717, 1.165) is 6.07 Å². The van der Waals surface area contributed by atoms with Crippen LogP contribution >= 0.6 is 0 Å². The van der Waals surface area contributed by atoms with E-state index in [4.69, 9.17) is 10.2 Å². The highest BCUT2D eigenvalue weighted by molar-refractivity contribution is 7.89. The molecule has 3 N–H and O–H groups in total. The van der Waals surface area contributed by atoms with E-state index in [9.17, 15) is 13.2 Å². The summed E-state index contributed by atoms with van der Waals surface area (Å²) in [5, 5.41) is 18.3. The number of rotatable bonds is 7. The molecule has 1 aromatic rings. The molecule has 0 saturated carbocycles. The Hall–Kier alpha value is -1.38. The summed E-state index contributed by atoms with van der Waals surface area (Å²) in [6, 6.07) is 0.963. The molecule has 0 atom stereocenters. The average Bonchev–Trinajstić information content (AvgIpc) is 2.83. The van der Waals surface area contributed by atoms with Crippen LogP contribution in [-0.4, -0.2) is 42.3 Å². The third-order valence-corrected chi connectivity index (χ3v) is 4.45. The molecule has 0 fully saturated rings. The number of carbonyl (C=O) groups is 1. The molecule has 0 amide bonds. The van der Waals surface area contributed by atoms with Crippen molar-refractivity contribution in [3.63, 3.8) is 0 Å². The van der Waals surface area contributed by atoms with Gasteiger partial charge >= 0.3 is 5.97 Å². The molecular formula is C13H22N2O5S. The van der Waals surface area contributed by atoms with E-state index in [2.05, 4.69) is 4.72 Å². The number of aliphatic hydroxyl groups excluding tert-OH is 1. The Labute approximate surface area is 124 Å². The van der Waals surface area contributed by atoms with Gasteiger partial charge in [0.1, 0.15) is 10.6 Å². The molecule has 0 bridgehead atoms. The van der Waals surface area contributed by atoms with Crippen LogP contribution in [0.5, 0.6) is 0 Å². The van der Waals surface area contributed by atoms with Crippen LogP contribution in [0.15, 0.2) is 17.2 Å². The smallest absolute Gasteiger partial charge is 0.352 e. The zero-order valence-electron chi connectivity index (χ0n) is 12.6. The van der Waals surface area contributed by atoms with Crippen LogP contribution in [0.3, 0.4) is 0 Å². The molecule has 8 heteroatoms. The fourth-order valence-corrected chi connectivity index (χ4v) is 2.90. The van der Waals surface area contributed by atoms with E-state index >= 15 is 0 Å². The van der Waals surface area contributed by atoms with Crippen LogP contribution < -0.4 is 4.72 Å². The number of nitrogens with one attached hydrogen (secondary N) is 1. The lowest BCUT2D eigenvalue weighted by atomic mass is 9.96. The molecule has 0 spiro atoms. The van der Waals surface area contributed by atoms with Gasteiger partial charge in [0.2, 0.25) is 10.0 Å². The average molecular weight is 318 g/mol. The molecule has 1 aromatic heterocycles. The van der Waals surface area contributed by atoms with Gasteiger partial charge in [0.15, 0.2) is 0 Å². The second-order valence-corrected chi connectivity index (χ2v) is 7.78. The first-order valence-electron chi connectivity index (χ1n) is 6.56. The maximum Gasteiger partial charge on any atom is 0.352 e. The van der Waals surface area contributed by atoms with Gasteiger partial charge in [0.25, 0.3) is 0 Å². The van der Waals surface area contributed by atoms with Crippen molar-refractivity contribution in [2.24, 2.45) is 5.41 Å². The van der Waals surface area contributed by atoms with Crippen molar-refractivity contribution in [3.05, 3.63) is 18.0 Å². The molecule has 0 aliphatic carbocycles. The second kappa shape index (κ2) is 6.17. The molecule has 0 radical (unpaired) electrons. The molecule has 0 aliphatic rings. The number of hydrogen-bond acceptors (Lipinski definition) is 4. The minimum atomic E-state index is -3.82. The highest BCUT2D eigenvalue weighted by Gasteiger charge is 2.25. The third-order valence-electron chi connectivity index (χ3n) is 3.08. The number of aliphatic hydroxyl groups is 1. The normalized spacial score (nSPS) is 12.9. The maximum atomic E-state index is 12.2. The minimum absolute atomic E-state index is 0.0566. The SMILES string of the molecule is CC(C)n1cc(S(=O)(=O)NCC(C)(C)CO)cc1C(=O)O. The van der Waals surface area contributed by atoms with Gasteiger partial charge in [0, 0.05) is 30.8 Å². The topological polar surface area (TPSA) is 109 Å². The highest BCUT2D eigenvalue weighted by atomic mass is 32.2. The predicted molar refractivity (Wildman–Crippen MR) is 77.8 cm³/mol. The Morgan fingerprint density at radius 2 is 2.00 bits per heavy atom. The Bertz CT molecular complexity index is 617. The molecule has 0 unspecified atom stereocenters. The molecule has 21 heavy (non-hydrogen) atoms. The van der Waals surface area contributed by atoms with Crippen molar-refractivity contribution in [2.45, 2.75) is 38.6 Å². The van der Waals surface area contributed by atoms with Gasteiger partial charge in [0.05, 0.1) is 0 Å². The lowest BCUT2D eigenvalue weighted by Gasteiger charge is -2.21. The van der Waals surface area contributed by atoms with E-state index in [1.165, 1.54) is 10.8 Å². The van der Waals surface area contributed by atoms with Gasteiger partial charge in [-0.25, -0.2) is 17.9 Å². The van der Waals surface area contributed by atoms with Crippen LogP contribution in [0.25, 0.3) is 0 Å².